The third kappa shape index (κ3) is 3.03. The second-order valence-corrected chi connectivity index (χ2v) is 6.07. The van der Waals surface area contributed by atoms with Crippen molar-refractivity contribution in [3.8, 4) is 5.75 Å². The molecule has 136 valence electrons. The minimum Gasteiger partial charge on any atom is -0.508 e. The Kier molecular flexibility index (Phi) is 4.23. The standard InChI is InChI=1S/C18H15F3N2O3/c1-11-2-4-12(5-3-11)15-10-17(26,18(19,20)21)23(22-15)16(25)13-6-8-14(24)9-7-13/h2-9,24,26H,10H2,1H3/t17-/m1/s1. The Balaban J connectivity index is 2.03. The van der Waals surface area contributed by atoms with E-state index in [0.717, 1.165) is 17.7 Å². The summed E-state index contributed by atoms with van der Waals surface area (Å²) in [5.41, 5.74) is -2.33. The van der Waals surface area contributed by atoms with Gasteiger partial charge in [0.1, 0.15) is 5.75 Å². The lowest BCUT2D eigenvalue weighted by molar-refractivity contribution is -0.297. The predicted octanol–water partition coefficient (Wildman–Crippen LogP) is 3.20. The Hall–Kier alpha value is -2.87. The molecule has 1 atom stereocenters. The zero-order valence-electron chi connectivity index (χ0n) is 13.7. The maximum atomic E-state index is 13.5. The van der Waals surface area contributed by atoms with Crippen LogP contribution in [0.1, 0.15) is 27.9 Å². The second-order valence-electron chi connectivity index (χ2n) is 6.07. The number of carbonyl (C=O) groups excluding carboxylic acids is 1. The van der Waals surface area contributed by atoms with Gasteiger partial charge in [0.2, 0.25) is 0 Å². The van der Waals surface area contributed by atoms with Crippen molar-refractivity contribution in [1.82, 2.24) is 5.01 Å². The molecule has 2 aromatic rings. The number of benzene rings is 2. The highest BCUT2D eigenvalue weighted by Gasteiger charge is 2.63. The number of halogens is 3. The summed E-state index contributed by atoms with van der Waals surface area (Å²) in [5, 5.41) is 23.4. The Bertz CT molecular complexity index is 861. The lowest BCUT2D eigenvalue weighted by Crippen LogP contribution is -2.56. The van der Waals surface area contributed by atoms with Crippen molar-refractivity contribution in [2.75, 3.05) is 0 Å². The van der Waals surface area contributed by atoms with Crippen LogP contribution in [0, 0.1) is 6.92 Å². The summed E-state index contributed by atoms with van der Waals surface area (Å²) in [6.45, 7) is 1.83. The maximum absolute atomic E-state index is 13.5. The number of aryl methyl sites for hydroxylation is 1. The number of phenols is 1. The van der Waals surface area contributed by atoms with Crippen LogP contribution in [0.3, 0.4) is 0 Å². The van der Waals surface area contributed by atoms with E-state index in [1.807, 2.05) is 6.92 Å². The number of phenolic OH excluding ortho intramolecular Hbond substituents is 1. The van der Waals surface area contributed by atoms with Crippen LogP contribution < -0.4 is 0 Å². The Morgan fingerprint density at radius 1 is 1.12 bits per heavy atom. The summed E-state index contributed by atoms with van der Waals surface area (Å²) in [7, 11) is 0. The van der Waals surface area contributed by atoms with E-state index in [0.29, 0.717) is 5.56 Å². The molecule has 2 aromatic carbocycles. The first-order valence-corrected chi connectivity index (χ1v) is 7.69. The van der Waals surface area contributed by atoms with Gasteiger partial charge in [0.15, 0.2) is 0 Å². The molecule has 1 amide bonds. The summed E-state index contributed by atoms with van der Waals surface area (Å²) in [4.78, 5) is 12.5. The molecule has 3 rings (SSSR count). The van der Waals surface area contributed by atoms with Gasteiger partial charge >= 0.3 is 6.18 Å². The van der Waals surface area contributed by atoms with Crippen molar-refractivity contribution < 1.29 is 28.2 Å². The highest BCUT2D eigenvalue weighted by molar-refractivity contribution is 6.05. The smallest absolute Gasteiger partial charge is 0.438 e. The van der Waals surface area contributed by atoms with Crippen molar-refractivity contribution in [1.29, 1.82) is 0 Å². The first kappa shape index (κ1) is 17.9. The molecule has 8 heteroatoms. The van der Waals surface area contributed by atoms with Crippen LogP contribution in [0.5, 0.6) is 5.75 Å². The number of alkyl halides is 3. The molecule has 0 spiro atoms. The van der Waals surface area contributed by atoms with E-state index in [9.17, 15) is 28.2 Å². The highest BCUT2D eigenvalue weighted by atomic mass is 19.4. The lowest BCUT2D eigenvalue weighted by Gasteiger charge is -2.32. The van der Waals surface area contributed by atoms with Gasteiger partial charge in [-0.05, 0) is 36.8 Å². The molecule has 1 aliphatic rings. The van der Waals surface area contributed by atoms with Crippen LogP contribution in [0.2, 0.25) is 0 Å². The molecule has 0 aromatic heterocycles. The van der Waals surface area contributed by atoms with Gasteiger partial charge in [-0.15, -0.1) is 0 Å². The fourth-order valence-electron chi connectivity index (χ4n) is 2.61. The molecule has 2 N–H and O–H groups in total. The Morgan fingerprint density at radius 2 is 1.69 bits per heavy atom. The summed E-state index contributed by atoms with van der Waals surface area (Å²) in [5.74, 6) is -1.26. The van der Waals surface area contributed by atoms with Gasteiger partial charge in [0.25, 0.3) is 11.6 Å². The molecule has 0 saturated heterocycles. The number of aromatic hydroxyl groups is 1. The van der Waals surface area contributed by atoms with E-state index >= 15 is 0 Å². The van der Waals surface area contributed by atoms with Gasteiger partial charge in [0.05, 0.1) is 12.1 Å². The molecule has 1 aliphatic heterocycles. The fraction of sp³-hybridized carbons (Fsp3) is 0.222. The molecule has 1 heterocycles. The third-order valence-electron chi connectivity index (χ3n) is 4.13. The topological polar surface area (TPSA) is 73.1 Å². The zero-order chi connectivity index (χ0) is 19.1. The van der Waals surface area contributed by atoms with Gasteiger partial charge in [-0.3, -0.25) is 4.79 Å². The first-order chi connectivity index (χ1) is 12.1. The highest BCUT2D eigenvalue weighted by Crippen LogP contribution is 2.42. The van der Waals surface area contributed by atoms with E-state index < -0.39 is 24.2 Å². The molecule has 26 heavy (non-hydrogen) atoms. The van der Waals surface area contributed by atoms with E-state index in [4.69, 9.17) is 0 Å². The SMILES string of the molecule is Cc1ccc(C2=NN(C(=O)c3ccc(O)cc3)[C@](O)(C(F)(F)F)C2)cc1. The average Bonchev–Trinajstić information content (AvgIpc) is 2.94. The summed E-state index contributed by atoms with van der Waals surface area (Å²) < 4.78 is 40.6. The van der Waals surface area contributed by atoms with E-state index in [1.54, 1.807) is 24.3 Å². The van der Waals surface area contributed by atoms with Crippen molar-refractivity contribution in [2.45, 2.75) is 25.2 Å². The molecule has 5 nitrogen and oxygen atoms in total. The number of hydrogen-bond donors (Lipinski definition) is 2. The number of aliphatic hydroxyl groups is 1. The van der Waals surface area contributed by atoms with Gasteiger partial charge < -0.3 is 10.2 Å². The maximum Gasteiger partial charge on any atom is 0.438 e. The normalized spacial score (nSPS) is 20.2. The minimum atomic E-state index is -5.10. The second kappa shape index (κ2) is 6.14. The first-order valence-electron chi connectivity index (χ1n) is 7.69. The molecule has 0 unspecified atom stereocenters. The summed E-state index contributed by atoms with van der Waals surface area (Å²) in [6.07, 6.45) is -5.97. The molecular formula is C18H15F3N2O3. The van der Waals surface area contributed by atoms with Gasteiger partial charge in [0, 0.05) is 5.56 Å². The summed E-state index contributed by atoms with van der Waals surface area (Å²) in [6, 6.07) is 11.2. The van der Waals surface area contributed by atoms with Crippen LogP contribution in [-0.4, -0.2) is 38.7 Å². The minimum absolute atomic E-state index is 0.0445. The monoisotopic (exact) mass is 364 g/mol. The predicted molar refractivity (Wildman–Crippen MR) is 87.6 cm³/mol. The summed E-state index contributed by atoms with van der Waals surface area (Å²) >= 11 is 0. The van der Waals surface area contributed by atoms with Crippen LogP contribution in [-0.2, 0) is 0 Å². The zero-order valence-corrected chi connectivity index (χ0v) is 13.7. The van der Waals surface area contributed by atoms with Gasteiger partial charge in [-0.2, -0.15) is 23.3 Å². The van der Waals surface area contributed by atoms with Crippen LogP contribution >= 0.6 is 0 Å². The molecular weight excluding hydrogens is 349 g/mol. The molecule has 0 radical (unpaired) electrons. The number of nitrogens with zero attached hydrogens (tertiary/aromatic N) is 2. The van der Waals surface area contributed by atoms with Gasteiger partial charge in [-0.25, -0.2) is 0 Å². The average molecular weight is 364 g/mol. The van der Waals surface area contributed by atoms with Crippen LogP contribution in [0.15, 0.2) is 53.6 Å². The molecule has 0 fully saturated rings. The van der Waals surface area contributed by atoms with E-state index in [1.165, 1.54) is 12.1 Å². The largest absolute Gasteiger partial charge is 0.508 e. The lowest BCUT2D eigenvalue weighted by atomic mass is 10.00. The van der Waals surface area contributed by atoms with Crippen molar-refractivity contribution in [3.63, 3.8) is 0 Å². The fourth-order valence-corrected chi connectivity index (χ4v) is 2.61. The number of carbonyl (C=O) groups is 1. The van der Waals surface area contributed by atoms with Crippen LogP contribution in [0.4, 0.5) is 13.2 Å². The number of hydrogen-bond acceptors (Lipinski definition) is 4. The van der Waals surface area contributed by atoms with E-state index in [-0.39, 0.29) is 22.0 Å². The quantitative estimate of drug-likeness (QED) is 0.860. The number of amides is 1. The molecule has 0 aliphatic carbocycles. The van der Waals surface area contributed by atoms with Crippen molar-refractivity contribution >= 4 is 11.6 Å². The van der Waals surface area contributed by atoms with Crippen molar-refractivity contribution in [2.24, 2.45) is 5.10 Å². The number of rotatable bonds is 2. The number of hydrazone groups is 1. The molecule has 0 saturated carbocycles. The Morgan fingerprint density at radius 3 is 2.23 bits per heavy atom. The third-order valence-corrected chi connectivity index (χ3v) is 4.13. The van der Waals surface area contributed by atoms with Gasteiger partial charge in [-0.1, -0.05) is 29.8 Å². The Labute approximate surface area is 147 Å². The van der Waals surface area contributed by atoms with E-state index in [2.05, 4.69) is 5.10 Å². The van der Waals surface area contributed by atoms with Crippen molar-refractivity contribution in [3.05, 3.63) is 65.2 Å². The molecule has 0 bridgehead atoms. The van der Waals surface area contributed by atoms with Crippen LogP contribution in [0.25, 0.3) is 0 Å².